The summed E-state index contributed by atoms with van der Waals surface area (Å²) < 4.78 is 37.8. The van der Waals surface area contributed by atoms with E-state index in [1.165, 1.54) is 19.2 Å². The summed E-state index contributed by atoms with van der Waals surface area (Å²) >= 11 is 0. The van der Waals surface area contributed by atoms with Gasteiger partial charge in [-0.15, -0.1) is 0 Å². The molecule has 5 nitrogen and oxygen atoms in total. The van der Waals surface area contributed by atoms with E-state index in [0.29, 0.717) is 29.7 Å². The SMILES string of the molecule is COc1ccc(S(=O)(=O)Nc2ccc(OCC(C)C)cc2)cc1. The first-order valence-electron chi connectivity index (χ1n) is 7.30. The fourth-order valence-electron chi connectivity index (χ4n) is 1.85. The van der Waals surface area contributed by atoms with E-state index in [4.69, 9.17) is 9.47 Å². The molecule has 0 radical (unpaired) electrons. The number of hydrogen-bond donors (Lipinski definition) is 1. The zero-order chi connectivity index (χ0) is 16.9. The van der Waals surface area contributed by atoms with E-state index in [0.717, 1.165) is 0 Å². The van der Waals surface area contributed by atoms with E-state index in [1.54, 1.807) is 36.4 Å². The average molecular weight is 335 g/mol. The van der Waals surface area contributed by atoms with Gasteiger partial charge >= 0.3 is 0 Å². The summed E-state index contributed by atoms with van der Waals surface area (Å²) in [5.74, 6) is 1.75. The summed E-state index contributed by atoms with van der Waals surface area (Å²) in [6, 6.07) is 13.1. The minimum Gasteiger partial charge on any atom is -0.497 e. The van der Waals surface area contributed by atoms with Gasteiger partial charge in [0.05, 0.1) is 18.6 Å². The first kappa shape index (κ1) is 17.1. The maximum atomic E-state index is 12.3. The third-order valence-electron chi connectivity index (χ3n) is 3.06. The molecule has 23 heavy (non-hydrogen) atoms. The Hall–Kier alpha value is -2.21. The first-order chi connectivity index (χ1) is 10.9. The number of ether oxygens (including phenoxy) is 2. The lowest BCUT2D eigenvalue weighted by Gasteiger charge is -2.11. The van der Waals surface area contributed by atoms with Gasteiger partial charge in [0.2, 0.25) is 0 Å². The van der Waals surface area contributed by atoms with Gasteiger partial charge in [0.25, 0.3) is 10.0 Å². The molecule has 2 rings (SSSR count). The van der Waals surface area contributed by atoms with Crippen LogP contribution in [-0.2, 0) is 10.0 Å². The van der Waals surface area contributed by atoms with Crippen molar-refractivity contribution in [3.05, 3.63) is 48.5 Å². The molecule has 6 heteroatoms. The molecule has 0 aromatic heterocycles. The van der Waals surface area contributed by atoms with E-state index >= 15 is 0 Å². The second kappa shape index (κ2) is 7.37. The molecule has 0 saturated carbocycles. The molecule has 2 aromatic rings. The van der Waals surface area contributed by atoms with Gasteiger partial charge in [-0.25, -0.2) is 8.42 Å². The van der Waals surface area contributed by atoms with Crippen LogP contribution in [0.2, 0.25) is 0 Å². The van der Waals surface area contributed by atoms with Gasteiger partial charge in [0.1, 0.15) is 11.5 Å². The topological polar surface area (TPSA) is 64.6 Å². The van der Waals surface area contributed by atoms with Crippen LogP contribution in [0.15, 0.2) is 53.4 Å². The van der Waals surface area contributed by atoms with Crippen molar-refractivity contribution in [2.24, 2.45) is 5.92 Å². The summed E-state index contributed by atoms with van der Waals surface area (Å²) in [5, 5.41) is 0. The predicted molar refractivity (Wildman–Crippen MR) is 90.6 cm³/mol. The Kier molecular flexibility index (Phi) is 5.50. The Morgan fingerprint density at radius 1 is 0.957 bits per heavy atom. The van der Waals surface area contributed by atoms with Gasteiger partial charge in [-0.2, -0.15) is 0 Å². The lowest BCUT2D eigenvalue weighted by atomic mass is 10.2. The summed E-state index contributed by atoms with van der Waals surface area (Å²) in [6.45, 7) is 4.76. The highest BCUT2D eigenvalue weighted by Gasteiger charge is 2.14. The zero-order valence-electron chi connectivity index (χ0n) is 13.4. The van der Waals surface area contributed by atoms with Gasteiger partial charge in [0.15, 0.2) is 0 Å². The minimum absolute atomic E-state index is 0.179. The Morgan fingerprint density at radius 3 is 2.04 bits per heavy atom. The van der Waals surface area contributed by atoms with Crippen LogP contribution >= 0.6 is 0 Å². The number of anilines is 1. The van der Waals surface area contributed by atoms with E-state index in [1.807, 2.05) is 0 Å². The standard InChI is InChI=1S/C17H21NO4S/c1-13(2)12-22-16-6-4-14(5-7-16)18-23(19,20)17-10-8-15(21-3)9-11-17/h4-11,13,18H,12H2,1-3H3. The predicted octanol–water partition coefficient (Wildman–Crippen LogP) is 3.53. The summed E-state index contributed by atoms with van der Waals surface area (Å²) in [7, 11) is -2.09. The first-order valence-corrected chi connectivity index (χ1v) is 8.79. The molecule has 0 aliphatic heterocycles. The van der Waals surface area contributed by atoms with Crippen LogP contribution in [0.3, 0.4) is 0 Å². The molecule has 2 aromatic carbocycles. The maximum Gasteiger partial charge on any atom is 0.261 e. The maximum absolute atomic E-state index is 12.3. The number of nitrogens with one attached hydrogen (secondary N) is 1. The van der Waals surface area contributed by atoms with Gasteiger partial charge in [-0.3, -0.25) is 4.72 Å². The van der Waals surface area contributed by atoms with Crippen molar-refractivity contribution in [1.29, 1.82) is 0 Å². The number of sulfonamides is 1. The molecule has 1 N–H and O–H groups in total. The molecule has 0 fully saturated rings. The fraction of sp³-hybridized carbons (Fsp3) is 0.294. The van der Waals surface area contributed by atoms with Crippen molar-refractivity contribution in [1.82, 2.24) is 0 Å². The Morgan fingerprint density at radius 2 is 1.52 bits per heavy atom. The van der Waals surface area contributed by atoms with Crippen molar-refractivity contribution in [3.8, 4) is 11.5 Å². The van der Waals surface area contributed by atoms with Gasteiger partial charge in [-0.1, -0.05) is 13.8 Å². The molecule has 0 unspecified atom stereocenters. The van der Waals surface area contributed by atoms with Crippen LogP contribution in [0, 0.1) is 5.92 Å². The zero-order valence-corrected chi connectivity index (χ0v) is 14.3. The van der Waals surface area contributed by atoms with Gasteiger partial charge < -0.3 is 9.47 Å². The second-order valence-electron chi connectivity index (χ2n) is 5.51. The van der Waals surface area contributed by atoms with Crippen LogP contribution in [0.4, 0.5) is 5.69 Å². The molecule has 0 amide bonds. The molecular weight excluding hydrogens is 314 g/mol. The third kappa shape index (κ3) is 4.89. The van der Waals surface area contributed by atoms with Crippen molar-refractivity contribution in [2.75, 3.05) is 18.4 Å². The summed E-state index contributed by atoms with van der Waals surface area (Å²) in [5.41, 5.74) is 0.484. The molecule has 0 saturated heterocycles. The van der Waals surface area contributed by atoms with Crippen LogP contribution in [0.5, 0.6) is 11.5 Å². The van der Waals surface area contributed by atoms with Crippen LogP contribution in [0.1, 0.15) is 13.8 Å². The molecule has 0 bridgehead atoms. The van der Waals surface area contributed by atoms with Crippen molar-refractivity contribution in [2.45, 2.75) is 18.7 Å². The van der Waals surface area contributed by atoms with Crippen molar-refractivity contribution < 1.29 is 17.9 Å². The highest BCUT2D eigenvalue weighted by Crippen LogP contribution is 2.21. The quantitative estimate of drug-likeness (QED) is 0.841. The van der Waals surface area contributed by atoms with Crippen molar-refractivity contribution >= 4 is 15.7 Å². The summed E-state index contributed by atoms with van der Waals surface area (Å²) in [4.78, 5) is 0.179. The smallest absolute Gasteiger partial charge is 0.261 e. The molecular formula is C17H21NO4S. The van der Waals surface area contributed by atoms with E-state index in [2.05, 4.69) is 18.6 Å². The second-order valence-corrected chi connectivity index (χ2v) is 7.19. The third-order valence-corrected chi connectivity index (χ3v) is 4.46. The highest BCUT2D eigenvalue weighted by molar-refractivity contribution is 7.92. The molecule has 0 aliphatic rings. The monoisotopic (exact) mass is 335 g/mol. The number of hydrogen-bond acceptors (Lipinski definition) is 4. The molecule has 0 atom stereocenters. The minimum atomic E-state index is -3.62. The Bertz CT molecular complexity index is 722. The lowest BCUT2D eigenvalue weighted by molar-refractivity contribution is 0.271. The van der Waals surface area contributed by atoms with Gasteiger partial charge in [0, 0.05) is 5.69 Å². The highest BCUT2D eigenvalue weighted by atomic mass is 32.2. The number of rotatable bonds is 7. The fourth-order valence-corrected chi connectivity index (χ4v) is 2.91. The molecule has 0 aliphatic carbocycles. The van der Waals surface area contributed by atoms with E-state index in [9.17, 15) is 8.42 Å². The molecule has 0 heterocycles. The Labute approximate surface area is 137 Å². The number of methoxy groups -OCH3 is 1. The van der Waals surface area contributed by atoms with Crippen LogP contribution in [-0.4, -0.2) is 22.1 Å². The van der Waals surface area contributed by atoms with Crippen LogP contribution < -0.4 is 14.2 Å². The van der Waals surface area contributed by atoms with Crippen molar-refractivity contribution in [3.63, 3.8) is 0 Å². The van der Waals surface area contributed by atoms with E-state index < -0.39 is 10.0 Å². The number of benzene rings is 2. The largest absolute Gasteiger partial charge is 0.497 e. The summed E-state index contributed by atoms with van der Waals surface area (Å²) in [6.07, 6.45) is 0. The average Bonchev–Trinajstić information content (AvgIpc) is 2.54. The molecule has 0 spiro atoms. The molecule has 124 valence electrons. The normalized spacial score (nSPS) is 11.3. The van der Waals surface area contributed by atoms with Gasteiger partial charge in [-0.05, 0) is 54.4 Å². The lowest BCUT2D eigenvalue weighted by Crippen LogP contribution is -2.12. The van der Waals surface area contributed by atoms with E-state index in [-0.39, 0.29) is 4.90 Å². The van der Waals surface area contributed by atoms with Crippen LogP contribution in [0.25, 0.3) is 0 Å². The Balaban J connectivity index is 2.07.